The van der Waals surface area contributed by atoms with Crippen LogP contribution in [0.4, 0.5) is 5.69 Å². The molecule has 0 fully saturated rings. The maximum atomic E-state index is 12.6. The fourth-order valence-corrected chi connectivity index (χ4v) is 2.49. The quantitative estimate of drug-likeness (QED) is 0.331. The third-order valence-corrected chi connectivity index (χ3v) is 3.59. The lowest BCUT2D eigenvalue weighted by atomic mass is 10.1. The van der Waals surface area contributed by atoms with Gasteiger partial charge in [0.25, 0.3) is 0 Å². The van der Waals surface area contributed by atoms with Crippen molar-refractivity contribution in [2.45, 2.75) is 6.23 Å². The minimum Gasteiger partial charge on any atom is -0.558 e. The molecule has 3 rings (SSSR count). The first kappa shape index (κ1) is 16.0. The van der Waals surface area contributed by atoms with E-state index in [1.165, 1.54) is 18.2 Å². The first-order valence-corrected chi connectivity index (χ1v) is 7.17. The summed E-state index contributed by atoms with van der Waals surface area (Å²) >= 11 is 0. The number of nitro groups is 1. The van der Waals surface area contributed by atoms with Crippen molar-refractivity contribution in [3.63, 3.8) is 0 Å². The van der Waals surface area contributed by atoms with E-state index >= 15 is 0 Å². The molecule has 3 aromatic carbocycles. The molecular weight excluding hydrogens is 312 g/mol. The molecule has 2 unspecified atom stereocenters. The lowest BCUT2D eigenvalue weighted by Gasteiger charge is -2.30. The summed E-state index contributed by atoms with van der Waals surface area (Å²) in [6, 6.07) is 19.4. The third kappa shape index (κ3) is 3.10. The van der Waals surface area contributed by atoms with Gasteiger partial charge in [0.05, 0.1) is 10.5 Å². The van der Waals surface area contributed by atoms with Gasteiger partial charge in [0.1, 0.15) is 0 Å². The summed E-state index contributed by atoms with van der Waals surface area (Å²) in [7, 11) is 0. The standard InChI is InChI=1S/C17H14N2O5/c20-18(21)17(14-8-2-1-3-9-14)24-19(22,23)16-12-6-10-13-7-4-5-11-15(13)16/h1-12,17,22H. The predicted octanol–water partition coefficient (Wildman–Crippen LogP) is 3.94. The van der Waals surface area contributed by atoms with Crippen LogP contribution in [0.25, 0.3) is 10.8 Å². The number of quaternary nitrogens is 1. The zero-order valence-electron chi connectivity index (χ0n) is 12.5. The van der Waals surface area contributed by atoms with Gasteiger partial charge in [-0.25, -0.2) is 0 Å². The van der Waals surface area contributed by atoms with E-state index in [2.05, 4.69) is 0 Å². The Morgan fingerprint density at radius 3 is 2.29 bits per heavy atom. The van der Waals surface area contributed by atoms with Gasteiger partial charge in [0.15, 0.2) is 0 Å². The number of nitrogens with zero attached hydrogens (tertiary/aromatic N) is 2. The fourth-order valence-electron chi connectivity index (χ4n) is 2.49. The van der Waals surface area contributed by atoms with Gasteiger partial charge in [-0.15, -0.1) is 0 Å². The molecule has 0 amide bonds. The largest absolute Gasteiger partial charge is 0.558 e. The molecule has 0 spiro atoms. The second-order valence-corrected chi connectivity index (χ2v) is 5.17. The summed E-state index contributed by atoms with van der Waals surface area (Å²) in [5.41, 5.74) is 0.0333. The molecule has 7 nitrogen and oxygen atoms in total. The second kappa shape index (κ2) is 6.34. The van der Waals surface area contributed by atoms with Crippen molar-refractivity contribution in [2.75, 3.05) is 0 Å². The van der Waals surface area contributed by atoms with E-state index in [0.29, 0.717) is 10.8 Å². The Balaban J connectivity index is 2.01. The molecule has 0 saturated heterocycles. The average molecular weight is 326 g/mol. The van der Waals surface area contributed by atoms with Crippen LogP contribution in [0.2, 0.25) is 0 Å². The van der Waals surface area contributed by atoms with Gasteiger partial charge in [0, 0.05) is 11.5 Å². The van der Waals surface area contributed by atoms with Crippen LogP contribution >= 0.6 is 0 Å². The van der Waals surface area contributed by atoms with Gasteiger partial charge in [0.2, 0.25) is 5.69 Å². The van der Waals surface area contributed by atoms with Gasteiger partial charge in [-0.2, -0.15) is 5.21 Å². The van der Waals surface area contributed by atoms with E-state index in [4.69, 9.17) is 4.84 Å². The van der Waals surface area contributed by atoms with Crippen LogP contribution in [-0.4, -0.2) is 10.1 Å². The van der Waals surface area contributed by atoms with Crippen LogP contribution in [0.15, 0.2) is 72.8 Å². The summed E-state index contributed by atoms with van der Waals surface area (Å²) in [6.45, 7) is 0. The molecule has 0 aliphatic carbocycles. The molecule has 0 aromatic heterocycles. The molecular formula is C17H14N2O5. The SMILES string of the molecule is O=[N+]([O-])C(O[N+]([O-])(O)c1cccc2ccccc12)c1ccccc1. The van der Waals surface area contributed by atoms with E-state index in [-0.39, 0.29) is 11.3 Å². The molecule has 0 saturated carbocycles. The van der Waals surface area contributed by atoms with E-state index < -0.39 is 16.1 Å². The minimum atomic E-state index is -2.30. The zero-order valence-corrected chi connectivity index (χ0v) is 12.5. The number of rotatable bonds is 5. The van der Waals surface area contributed by atoms with Gasteiger partial charge in [-0.05, 0) is 28.6 Å². The number of fused-ring (bicyclic) bond motifs is 1. The molecule has 1 N–H and O–H groups in total. The Morgan fingerprint density at radius 2 is 1.58 bits per heavy atom. The first-order chi connectivity index (χ1) is 11.5. The van der Waals surface area contributed by atoms with Crippen molar-refractivity contribution in [3.05, 3.63) is 93.7 Å². The summed E-state index contributed by atoms with van der Waals surface area (Å²) in [5.74, 6) is 0. The van der Waals surface area contributed by atoms with Crippen LogP contribution in [0.1, 0.15) is 11.8 Å². The van der Waals surface area contributed by atoms with Gasteiger partial charge < -0.3 is 5.21 Å². The van der Waals surface area contributed by atoms with Gasteiger partial charge in [-0.1, -0.05) is 53.4 Å². The maximum Gasteiger partial charge on any atom is 0.392 e. The highest BCUT2D eigenvalue weighted by atomic mass is 17.1. The molecule has 0 bridgehead atoms. The van der Waals surface area contributed by atoms with E-state index in [1.807, 2.05) is 0 Å². The molecule has 0 aliphatic heterocycles. The van der Waals surface area contributed by atoms with Gasteiger partial charge in [-0.3, -0.25) is 10.1 Å². The van der Waals surface area contributed by atoms with Crippen molar-refractivity contribution in [1.29, 1.82) is 0 Å². The predicted molar refractivity (Wildman–Crippen MR) is 88.2 cm³/mol. The normalized spacial score (nSPS) is 14.9. The molecule has 0 heterocycles. The van der Waals surface area contributed by atoms with Crippen molar-refractivity contribution in [2.24, 2.45) is 0 Å². The van der Waals surface area contributed by atoms with Crippen LogP contribution in [0.3, 0.4) is 0 Å². The summed E-state index contributed by atoms with van der Waals surface area (Å²) in [4.78, 5) is 13.1. The highest BCUT2D eigenvalue weighted by Crippen LogP contribution is 2.33. The fraction of sp³-hybridized carbons (Fsp3) is 0.0588. The number of hydrogen-bond donors (Lipinski definition) is 1. The molecule has 0 aliphatic rings. The Bertz CT molecular complexity index is 862. The van der Waals surface area contributed by atoms with Crippen LogP contribution < -0.4 is 4.97 Å². The van der Waals surface area contributed by atoms with Crippen molar-refractivity contribution >= 4 is 16.5 Å². The van der Waals surface area contributed by atoms with Crippen LogP contribution in [0.5, 0.6) is 0 Å². The monoisotopic (exact) mass is 326 g/mol. The number of benzene rings is 3. The van der Waals surface area contributed by atoms with Crippen LogP contribution in [0, 0.1) is 15.3 Å². The van der Waals surface area contributed by atoms with Crippen molar-refractivity contribution in [3.8, 4) is 0 Å². The van der Waals surface area contributed by atoms with Crippen molar-refractivity contribution in [1.82, 2.24) is 4.97 Å². The number of hydrogen-bond acceptors (Lipinski definition) is 5. The molecule has 24 heavy (non-hydrogen) atoms. The summed E-state index contributed by atoms with van der Waals surface area (Å²) in [6.07, 6.45) is -1.80. The van der Waals surface area contributed by atoms with Crippen molar-refractivity contribution < 1.29 is 15.0 Å². The lowest BCUT2D eigenvalue weighted by molar-refractivity contribution is -0.616. The third-order valence-electron chi connectivity index (χ3n) is 3.59. The minimum absolute atomic E-state index is 0.129. The van der Waals surface area contributed by atoms with Crippen LogP contribution in [-0.2, 0) is 4.84 Å². The second-order valence-electron chi connectivity index (χ2n) is 5.17. The zero-order chi connectivity index (χ0) is 17.2. The molecule has 3 aromatic rings. The molecule has 2 atom stereocenters. The smallest absolute Gasteiger partial charge is 0.392 e. The summed E-state index contributed by atoms with van der Waals surface area (Å²) in [5, 5.41) is 35.2. The lowest BCUT2D eigenvalue weighted by Crippen LogP contribution is -2.42. The van der Waals surface area contributed by atoms with E-state index in [9.17, 15) is 20.5 Å². The van der Waals surface area contributed by atoms with E-state index in [0.717, 1.165) is 0 Å². The topological polar surface area (TPSA) is 95.7 Å². The Kier molecular flexibility index (Phi) is 4.24. The molecule has 0 radical (unpaired) electrons. The Morgan fingerprint density at radius 1 is 0.958 bits per heavy atom. The average Bonchev–Trinajstić information content (AvgIpc) is 2.60. The highest BCUT2D eigenvalue weighted by Gasteiger charge is 2.36. The van der Waals surface area contributed by atoms with E-state index in [1.54, 1.807) is 54.6 Å². The Labute approximate surface area is 137 Å². The maximum absolute atomic E-state index is 12.6. The molecule has 7 heteroatoms. The Hall–Kier alpha value is -2.84. The highest BCUT2D eigenvalue weighted by molar-refractivity contribution is 5.92. The summed E-state index contributed by atoms with van der Waals surface area (Å²) < 4.78 is 0. The van der Waals surface area contributed by atoms with Gasteiger partial charge >= 0.3 is 6.23 Å². The first-order valence-electron chi connectivity index (χ1n) is 7.17. The molecule has 122 valence electrons.